The second-order valence-corrected chi connectivity index (χ2v) is 9.15. The molecule has 1 aliphatic carbocycles. The van der Waals surface area contributed by atoms with Gasteiger partial charge in [-0.15, -0.1) is 5.10 Å². The molecule has 2 fully saturated rings. The Hall–Kier alpha value is -3.12. The Morgan fingerprint density at radius 1 is 0.812 bits per heavy atom. The fourth-order valence-corrected chi connectivity index (χ4v) is 5.17. The van der Waals surface area contributed by atoms with Crippen LogP contribution in [0.15, 0.2) is 53.8 Å². The van der Waals surface area contributed by atoms with E-state index in [-0.39, 0.29) is 0 Å². The number of benzene rings is 1. The van der Waals surface area contributed by atoms with E-state index >= 15 is 0 Å². The number of rotatable bonds is 5. The van der Waals surface area contributed by atoms with E-state index < -0.39 is 0 Å². The van der Waals surface area contributed by atoms with Crippen LogP contribution in [0.3, 0.4) is 0 Å². The molecule has 1 saturated heterocycles. The lowest BCUT2D eigenvalue weighted by molar-refractivity contribution is 0.613. The Bertz CT molecular complexity index is 1140. The standard InChI is InChI=1S/C26H28N6/c1-2-5-17(4-1)24-14-20(15-28-24)22-12-11-21(31-32-22)18-7-9-19(10-8-18)25-16-29-26(30-25)23-6-3-13-27-23/h7-12,15-17,23,27H,1-6,13-14H2,(H,29,30)/t23-/m0/s1. The van der Waals surface area contributed by atoms with Crippen molar-refractivity contribution in [3.63, 3.8) is 0 Å². The monoisotopic (exact) mass is 424 g/mol. The summed E-state index contributed by atoms with van der Waals surface area (Å²) in [7, 11) is 0. The van der Waals surface area contributed by atoms with E-state index in [1.54, 1.807) is 0 Å². The van der Waals surface area contributed by atoms with Gasteiger partial charge in [0.05, 0.1) is 29.3 Å². The maximum atomic E-state index is 4.70. The van der Waals surface area contributed by atoms with Crippen molar-refractivity contribution in [3.05, 3.63) is 60.3 Å². The first-order valence-electron chi connectivity index (χ1n) is 11.8. The summed E-state index contributed by atoms with van der Waals surface area (Å²) in [5, 5.41) is 12.5. The lowest BCUT2D eigenvalue weighted by atomic mass is 9.96. The summed E-state index contributed by atoms with van der Waals surface area (Å²) in [5.74, 6) is 1.71. The molecular formula is C26H28N6. The highest BCUT2D eigenvalue weighted by atomic mass is 15.1. The van der Waals surface area contributed by atoms with Gasteiger partial charge in [0.15, 0.2) is 0 Å². The van der Waals surface area contributed by atoms with Crippen LogP contribution in [0.25, 0.3) is 28.1 Å². The topological polar surface area (TPSA) is 78.9 Å². The van der Waals surface area contributed by atoms with Gasteiger partial charge < -0.3 is 10.3 Å². The van der Waals surface area contributed by atoms with Crippen molar-refractivity contribution in [3.8, 4) is 22.5 Å². The number of H-pyrrole nitrogens is 1. The van der Waals surface area contributed by atoms with Crippen LogP contribution in [0, 0.1) is 5.92 Å². The number of nitrogens with zero attached hydrogens (tertiary/aromatic N) is 4. The number of imidazole rings is 1. The van der Waals surface area contributed by atoms with Gasteiger partial charge >= 0.3 is 0 Å². The van der Waals surface area contributed by atoms with Crippen LogP contribution < -0.4 is 5.32 Å². The molecule has 3 aliphatic rings. The van der Waals surface area contributed by atoms with Crippen LogP contribution in [0.1, 0.15) is 62.5 Å². The first-order valence-corrected chi connectivity index (χ1v) is 11.8. The predicted molar refractivity (Wildman–Crippen MR) is 127 cm³/mol. The Labute approximate surface area is 188 Å². The maximum Gasteiger partial charge on any atom is 0.123 e. The van der Waals surface area contributed by atoms with E-state index in [1.807, 2.05) is 12.4 Å². The van der Waals surface area contributed by atoms with Crippen molar-refractivity contribution in [2.45, 2.75) is 51.0 Å². The molecule has 2 aliphatic heterocycles. The van der Waals surface area contributed by atoms with Gasteiger partial charge in [-0.2, -0.15) is 5.10 Å². The molecule has 3 aromatic rings. The minimum atomic E-state index is 0.353. The third-order valence-electron chi connectivity index (χ3n) is 7.06. The highest BCUT2D eigenvalue weighted by molar-refractivity contribution is 5.99. The number of allylic oxidation sites excluding steroid dienone is 1. The third kappa shape index (κ3) is 3.79. The number of hydrogen-bond acceptors (Lipinski definition) is 5. The van der Waals surface area contributed by atoms with Crippen LogP contribution in [0.2, 0.25) is 0 Å². The molecule has 2 N–H and O–H groups in total. The zero-order chi connectivity index (χ0) is 21.3. The first-order chi connectivity index (χ1) is 15.8. The van der Waals surface area contributed by atoms with Crippen LogP contribution in [0.4, 0.5) is 0 Å². The van der Waals surface area contributed by atoms with E-state index in [9.17, 15) is 0 Å². The number of aliphatic imine (C=N–C) groups is 1. The molecule has 4 heterocycles. The van der Waals surface area contributed by atoms with E-state index in [2.05, 4.69) is 61.9 Å². The lowest BCUT2D eigenvalue weighted by Gasteiger charge is -2.09. The van der Waals surface area contributed by atoms with Gasteiger partial charge in [0, 0.05) is 29.5 Å². The normalized spacial score (nSPS) is 21.2. The highest BCUT2D eigenvalue weighted by Gasteiger charge is 2.24. The van der Waals surface area contributed by atoms with E-state index in [1.165, 1.54) is 43.4 Å². The summed E-state index contributed by atoms with van der Waals surface area (Å²) in [5.41, 5.74) is 7.59. The molecule has 6 nitrogen and oxygen atoms in total. The van der Waals surface area contributed by atoms with Crippen LogP contribution in [-0.2, 0) is 0 Å². The summed E-state index contributed by atoms with van der Waals surface area (Å²) in [4.78, 5) is 12.7. The fraction of sp³-hybridized carbons (Fsp3) is 0.385. The second kappa shape index (κ2) is 8.43. The zero-order valence-corrected chi connectivity index (χ0v) is 18.2. The molecule has 0 unspecified atom stereocenters. The minimum Gasteiger partial charge on any atom is -0.341 e. The summed E-state index contributed by atoms with van der Waals surface area (Å²) < 4.78 is 0. The second-order valence-electron chi connectivity index (χ2n) is 9.15. The Morgan fingerprint density at radius 3 is 2.34 bits per heavy atom. The van der Waals surface area contributed by atoms with E-state index in [0.717, 1.165) is 53.4 Å². The van der Waals surface area contributed by atoms with E-state index in [4.69, 9.17) is 4.99 Å². The number of aromatic amines is 1. The van der Waals surface area contributed by atoms with Crippen molar-refractivity contribution in [1.29, 1.82) is 0 Å². The molecular weight excluding hydrogens is 396 g/mol. The quantitative estimate of drug-likeness (QED) is 0.580. The Kier molecular flexibility index (Phi) is 5.15. The first kappa shape index (κ1) is 19.6. The molecule has 1 atom stereocenters. The van der Waals surface area contributed by atoms with Crippen LogP contribution >= 0.6 is 0 Å². The molecule has 2 aromatic heterocycles. The van der Waals surface area contributed by atoms with Gasteiger partial charge in [-0.05, 0) is 55.8 Å². The Balaban J connectivity index is 1.13. The van der Waals surface area contributed by atoms with Gasteiger partial charge in [-0.25, -0.2) is 4.98 Å². The number of hydrogen-bond donors (Lipinski definition) is 2. The molecule has 1 saturated carbocycles. The van der Waals surface area contributed by atoms with Gasteiger partial charge in [0.1, 0.15) is 5.82 Å². The van der Waals surface area contributed by atoms with Gasteiger partial charge in [0.25, 0.3) is 0 Å². The van der Waals surface area contributed by atoms with E-state index in [0.29, 0.717) is 12.0 Å². The van der Waals surface area contributed by atoms with Crippen molar-refractivity contribution in [1.82, 2.24) is 25.5 Å². The summed E-state index contributed by atoms with van der Waals surface area (Å²) in [6.07, 6.45) is 12.5. The van der Waals surface area contributed by atoms with Gasteiger partial charge in [0.2, 0.25) is 0 Å². The van der Waals surface area contributed by atoms with Crippen molar-refractivity contribution in [2.24, 2.45) is 10.9 Å². The molecule has 1 aromatic carbocycles. The molecule has 0 spiro atoms. The summed E-state index contributed by atoms with van der Waals surface area (Å²) >= 11 is 0. The van der Waals surface area contributed by atoms with Gasteiger partial charge in [-0.3, -0.25) is 4.99 Å². The molecule has 6 heteroatoms. The molecule has 32 heavy (non-hydrogen) atoms. The van der Waals surface area contributed by atoms with Crippen LogP contribution in [0.5, 0.6) is 0 Å². The fourth-order valence-electron chi connectivity index (χ4n) is 5.17. The van der Waals surface area contributed by atoms with Crippen molar-refractivity contribution >= 4 is 11.3 Å². The third-order valence-corrected chi connectivity index (χ3v) is 7.06. The van der Waals surface area contributed by atoms with Crippen LogP contribution in [-0.4, -0.2) is 32.4 Å². The lowest BCUT2D eigenvalue weighted by Crippen LogP contribution is -2.14. The Morgan fingerprint density at radius 2 is 1.59 bits per heavy atom. The maximum absolute atomic E-state index is 4.70. The molecule has 0 radical (unpaired) electrons. The SMILES string of the molecule is C1=C(c2ccc(-c3ccc(-c4cnc([C@@H]5CCCN5)[nH]4)cc3)nn2)CC(C2CCCC2)=N1. The smallest absolute Gasteiger partial charge is 0.123 e. The largest absolute Gasteiger partial charge is 0.341 e. The predicted octanol–water partition coefficient (Wildman–Crippen LogP) is 5.33. The molecule has 6 rings (SSSR count). The van der Waals surface area contributed by atoms with Crippen molar-refractivity contribution in [2.75, 3.05) is 6.54 Å². The van der Waals surface area contributed by atoms with Crippen molar-refractivity contribution < 1.29 is 0 Å². The average Bonchev–Trinajstić information content (AvgIpc) is 3.66. The minimum absolute atomic E-state index is 0.353. The zero-order valence-electron chi connectivity index (χ0n) is 18.2. The molecule has 162 valence electrons. The highest BCUT2D eigenvalue weighted by Crippen LogP contribution is 2.33. The number of nitrogens with one attached hydrogen (secondary N) is 2. The number of aromatic nitrogens is 4. The summed E-state index contributed by atoms with van der Waals surface area (Å²) in [6.45, 7) is 1.07. The molecule has 0 bridgehead atoms. The summed E-state index contributed by atoms with van der Waals surface area (Å²) in [6, 6.07) is 12.9. The molecule has 0 amide bonds. The van der Waals surface area contributed by atoms with Gasteiger partial charge in [-0.1, -0.05) is 37.1 Å². The average molecular weight is 425 g/mol.